The fourth-order valence-electron chi connectivity index (χ4n) is 2.49. The Morgan fingerprint density at radius 3 is 2.65 bits per heavy atom. The summed E-state index contributed by atoms with van der Waals surface area (Å²) in [7, 11) is 1.68. The lowest BCUT2D eigenvalue weighted by molar-refractivity contribution is -0.137. The molecule has 0 aromatic heterocycles. The SMILES string of the molecule is CC1NCCC1C(=O)N(C)CC(=O)Nc1ccccc1. The van der Waals surface area contributed by atoms with Crippen molar-refractivity contribution in [3.05, 3.63) is 30.3 Å². The highest BCUT2D eigenvalue weighted by Gasteiger charge is 2.31. The average molecular weight is 275 g/mol. The molecule has 1 saturated heterocycles. The number of rotatable bonds is 4. The first-order valence-electron chi connectivity index (χ1n) is 6.91. The van der Waals surface area contributed by atoms with Gasteiger partial charge in [-0.25, -0.2) is 0 Å². The summed E-state index contributed by atoms with van der Waals surface area (Å²) >= 11 is 0. The molecule has 108 valence electrons. The van der Waals surface area contributed by atoms with E-state index in [1.165, 1.54) is 4.90 Å². The number of anilines is 1. The van der Waals surface area contributed by atoms with Gasteiger partial charge in [0.05, 0.1) is 12.5 Å². The fourth-order valence-corrected chi connectivity index (χ4v) is 2.49. The highest BCUT2D eigenvalue weighted by Crippen LogP contribution is 2.17. The number of likely N-dealkylation sites (N-methyl/N-ethyl adjacent to an activating group) is 1. The topological polar surface area (TPSA) is 61.4 Å². The maximum absolute atomic E-state index is 12.2. The van der Waals surface area contributed by atoms with E-state index < -0.39 is 0 Å². The van der Waals surface area contributed by atoms with Gasteiger partial charge in [-0.1, -0.05) is 18.2 Å². The minimum absolute atomic E-state index is 0.0236. The number of amides is 2. The Balaban J connectivity index is 1.86. The number of benzene rings is 1. The summed E-state index contributed by atoms with van der Waals surface area (Å²) in [6.07, 6.45) is 0.838. The van der Waals surface area contributed by atoms with Crippen molar-refractivity contribution in [3.8, 4) is 0 Å². The molecule has 0 radical (unpaired) electrons. The Hall–Kier alpha value is -1.88. The maximum Gasteiger partial charge on any atom is 0.243 e. The van der Waals surface area contributed by atoms with Crippen LogP contribution in [-0.2, 0) is 9.59 Å². The maximum atomic E-state index is 12.2. The van der Waals surface area contributed by atoms with Crippen molar-refractivity contribution < 1.29 is 9.59 Å². The molecule has 5 nitrogen and oxygen atoms in total. The lowest BCUT2D eigenvalue weighted by atomic mass is 10.0. The number of nitrogens with one attached hydrogen (secondary N) is 2. The third-order valence-corrected chi connectivity index (χ3v) is 3.66. The standard InChI is InChI=1S/C15H21N3O2/c1-11-13(8-9-16-11)15(20)18(2)10-14(19)17-12-6-4-3-5-7-12/h3-7,11,13,16H,8-10H2,1-2H3,(H,17,19). The van der Waals surface area contributed by atoms with Crippen molar-refractivity contribution in [2.45, 2.75) is 19.4 Å². The number of nitrogens with zero attached hydrogens (tertiary/aromatic N) is 1. The van der Waals surface area contributed by atoms with Gasteiger partial charge in [-0.05, 0) is 32.0 Å². The number of carbonyl (C=O) groups excluding carboxylic acids is 2. The molecule has 20 heavy (non-hydrogen) atoms. The van der Waals surface area contributed by atoms with Gasteiger partial charge in [0.1, 0.15) is 0 Å². The lowest BCUT2D eigenvalue weighted by Crippen LogP contribution is -2.41. The van der Waals surface area contributed by atoms with Crippen LogP contribution in [0.2, 0.25) is 0 Å². The molecular weight excluding hydrogens is 254 g/mol. The Morgan fingerprint density at radius 2 is 2.05 bits per heavy atom. The van der Waals surface area contributed by atoms with Crippen molar-refractivity contribution in [3.63, 3.8) is 0 Å². The van der Waals surface area contributed by atoms with E-state index in [1.807, 2.05) is 37.3 Å². The molecule has 2 unspecified atom stereocenters. The highest BCUT2D eigenvalue weighted by molar-refractivity contribution is 5.94. The van der Waals surface area contributed by atoms with Gasteiger partial charge in [-0.3, -0.25) is 9.59 Å². The molecule has 1 aromatic carbocycles. The van der Waals surface area contributed by atoms with Crippen LogP contribution in [0, 0.1) is 5.92 Å². The molecular formula is C15H21N3O2. The molecule has 1 aliphatic rings. The molecule has 0 saturated carbocycles. The van der Waals surface area contributed by atoms with E-state index in [1.54, 1.807) is 7.05 Å². The zero-order valence-electron chi connectivity index (χ0n) is 11.9. The van der Waals surface area contributed by atoms with Crippen molar-refractivity contribution in [1.29, 1.82) is 0 Å². The summed E-state index contributed by atoms with van der Waals surface area (Å²) in [4.78, 5) is 25.7. The average Bonchev–Trinajstić information content (AvgIpc) is 2.85. The Labute approximate surface area is 119 Å². The van der Waals surface area contributed by atoms with Gasteiger partial charge in [-0.2, -0.15) is 0 Å². The van der Waals surface area contributed by atoms with E-state index in [9.17, 15) is 9.59 Å². The van der Waals surface area contributed by atoms with Crippen molar-refractivity contribution in [2.75, 3.05) is 25.5 Å². The third-order valence-electron chi connectivity index (χ3n) is 3.66. The van der Waals surface area contributed by atoms with Crippen molar-refractivity contribution in [2.24, 2.45) is 5.92 Å². The van der Waals surface area contributed by atoms with Crippen LogP contribution in [0.25, 0.3) is 0 Å². The second-order valence-corrected chi connectivity index (χ2v) is 5.25. The van der Waals surface area contributed by atoms with Crippen molar-refractivity contribution >= 4 is 17.5 Å². The van der Waals surface area contributed by atoms with Crippen LogP contribution < -0.4 is 10.6 Å². The van der Waals surface area contributed by atoms with Crippen LogP contribution in [0.15, 0.2) is 30.3 Å². The predicted molar refractivity (Wildman–Crippen MR) is 78.3 cm³/mol. The third kappa shape index (κ3) is 3.57. The van der Waals surface area contributed by atoms with Crippen LogP contribution >= 0.6 is 0 Å². The van der Waals surface area contributed by atoms with Crippen LogP contribution in [-0.4, -0.2) is 42.9 Å². The molecule has 1 aliphatic heterocycles. The zero-order valence-corrected chi connectivity index (χ0v) is 11.9. The summed E-state index contributed by atoms with van der Waals surface area (Å²) in [6.45, 7) is 2.95. The van der Waals surface area contributed by atoms with E-state index in [-0.39, 0.29) is 30.3 Å². The van der Waals surface area contributed by atoms with Crippen LogP contribution in [0.5, 0.6) is 0 Å². The smallest absolute Gasteiger partial charge is 0.243 e. The minimum Gasteiger partial charge on any atom is -0.336 e. The van der Waals surface area contributed by atoms with Gasteiger partial charge in [0.2, 0.25) is 11.8 Å². The van der Waals surface area contributed by atoms with E-state index in [0.29, 0.717) is 0 Å². The second-order valence-electron chi connectivity index (χ2n) is 5.25. The zero-order chi connectivity index (χ0) is 14.5. The fraction of sp³-hybridized carbons (Fsp3) is 0.467. The molecule has 2 rings (SSSR count). The molecule has 1 fully saturated rings. The number of para-hydroxylation sites is 1. The Kier molecular flexibility index (Phi) is 4.74. The summed E-state index contributed by atoms with van der Waals surface area (Å²) in [5.74, 6) is -0.166. The molecule has 2 amide bonds. The summed E-state index contributed by atoms with van der Waals surface area (Å²) in [5, 5.41) is 6.03. The van der Waals surface area contributed by atoms with Gasteiger partial charge in [-0.15, -0.1) is 0 Å². The molecule has 0 bridgehead atoms. The van der Waals surface area contributed by atoms with Gasteiger partial charge in [0.15, 0.2) is 0 Å². The number of hydrogen-bond donors (Lipinski definition) is 2. The van der Waals surface area contributed by atoms with Gasteiger partial charge in [0, 0.05) is 18.8 Å². The van der Waals surface area contributed by atoms with Gasteiger partial charge >= 0.3 is 0 Å². The van der Waals surface area contributed by atoms with E-state index in [4.69, 9.17) is 0 Å². The minimum atomic E-state index is -0.175. The number of hydrogen-bond acceptors (Lipinski definition) is 3. The van der Waals surface area contributed by atoms with Crippen molar-refractivity contribution in [1.82, 2.24) is 10.2 Å². The largest absolute Gasteiger partial charge is 0.336 e. The predicted octanol–water partition coefficient (Wildman–Crippen LogP) is 1.08. The monoisotopic (exact) mass is 275 g/mol. The van der Waals surface area contributed by atoms with Gasteiger partial charge < -0.3 is 15.5 Å². The molecule has 2 N–H and O–H groups in total. The van der Waals surface area contributed by atoms with E-state index >= 15 is 0 Å². The lowest BCUT2D eigenvalue weighted by Gasteiger charge is -2.22. The van der Waals surface area contributed by atoms with Crippen LogP contribution in [0.4, 0.5) is 5.69 Å². The first-order chi connectivity index (χ1) is 9.58. The van der Waals surface area contributed by atoms with E-state index in [2.05, 4.69) is 10.6 Å². The molecule has 1 aromatic rings. The normalized spacial score (nSPS) is 21.5. The molecule has 0 spiro atoms. The summed E-state index contributed by atoms with van der Waals surface area (Å²) < 4.78 is 0. The van der Waals surface area contributed by atoms with Crippen LogP contribution in [0.1, 0.15) is 13.3 Å². The Bertz CT molecular complexity index is 475. The van der Waals surface area contributed by atoms with E-state index in [0.717, 1.165) is 18.7 Å². The first-order valence-corrected chi connectivity index (χ1v) is 6.91. The van der Waals surface area contributed by atoms with Gasteiger partial charge in [0.25, 0.3) is 0 Å². The highest BCUT2D eigenvalue weighted by atomic mass is 16.2. The first kappa shape index (κ1) is 14.5. The quantitative estimate of drug-likeness (QED) is 0.864. The van der Waals surface area contributed by atoms with Crippen LogP contribution in [0.3, 0.4) is 0 Å². The molecule has 5 heteroatoms. The summed E-state index contributed by atoms with van der Waals surface area (Å²) in [6, 6.07) is 9.43. The molecule has 0 aliphatic carbocycles. The summed E-state index contributed by atoms with van der Waals surface area (Å²) in [5.41, 5.74) is 0.745. The number of carbonyl (C=O) groups is 2. The molecule has 1 heterocycles. The molecule has 2 atom stereocenters. The second kappa shape index (κ2) is 6.52. The Morgan fingerprint density at radius 1 is 1.35 bits per heavy atom.